The first-order valence-corrected chi connectivity index (χ1v) is 9.58. The summed E-state index contributed by atoms with van der Waals surface area (Å²) in [6.07, 6.45) is 1.12. The number of sulfone groups is 1. The molecule has 5 nitrogen and oxygen atoms in total. The molecule has 0 aliphatic carbocycles. The minimum atomic E-state index is -3.28. The highest BCUT2D eigenvalue weighted by Gasteiger charge is 2.14. The van der Waals surface area contributed by atoms with Crippen molar-refractivity contribution >= 4 is 33.0 Å². The Balaban J connectivity index is 1.77. The predicted octanol–water partition coefficient (Wildman–Crippen LogP) is 4.26. The van der Waals surface area contributed by atoms with Crippen LogP contribution in [0, 0.1) is 0 Å². The summed E-state index contributed by atoms with van der Waals surface area (Å²) in [5.41, 5.74) is 1.16. The van der Waals surface area contributed by atoms with Gasteiger partial charge in [0.15, 0.2) is 15.6 Å². The third-order valence-electron chi connectivity index (χ3n) is 3.51. The number of nitrogens with one attached hydrogen (secondary N) is 1. The number of anilines is 1. The minimum absolute atomic E-state index is 0.127. The lowest BCUT2D eigenvalue weighted by molar-refractivity contribution is 0.0997. The van der Waals surface area contributed by atoms with Crippen LogP contribution in [-0.2, 0) is 9.84 Å². The van der Waals surface area contributed by atoms with Crippen molar-refractivity contribution in [2.75, 3.05) is 11.6 Å². The van der Waals surface area contributed by atoms with Gasteiger partial charge in [-0.25, -0.2) is 8.42 Å². The fourth-order valence-corrected chi connectivity index (χ4v) is 3.10. The number of halogens is 1. The van der Waals surface area contributed by atoms with Crippen LogP contribution in [0.4, 0.5) is 5.69 Å². The third-order valence-corrected chi connectivity index (χ3v) is 4.97. The van der Waals surface area contributed by atoms with Crippen LogP contribution in [0.15, 0.2) is 70.0 Å². The van der Waals surface area contributed by atoms with Gasteiger partial charge in [-0.2, -0.15) is 0 Å². The summed E-state index contributed by atoms with van der Waals surface area (Å²) < 4.78 is 28.4. The molecule has 2 aromatic carbocycles. The lowest BCUT2D eigenvalue weighted by atomic mass is 10.2. The van der Waals surface area contributed by atoms with Gasteiger partial charge in [-0.05, 0) is 48.5 Å². The molecule has 0 fully saturated rings. The molecule has 3 rings (SSSR count). The molecule has 0 atom stereocenters. The van der Waals surface area contributed by atoms with Crippen molar-refractivity contribution in [2.45, 2.75) is 4.90 Å². The van der Waals surface area contributed by atoms with Crippen molar-refractivity contribution < 1.29 is 17.6 Å². The van der Waals surface area contributed by atoms with Crippen molar-refractivity contribution in [3.63, 3.8) is 0 Å². The zero-order valence-corrected chi connectivity index (χ0v) is 14.8. The number of rotatable bonds is 4. The Morgan fingerprint density at radius 2 is 1.68 bits per heavy atom. The molecule has 1 amide bonds. The van der Waals surface area contributed by atoms with Crippen LogP contribution in [0.2, 0.25) is 5.02 Å². The second kappa shape index (κ2) is 6.74. The molecule has 1 N–H and O–H groups in total. The van der Waals surface area contributed by atoms with E-state index in [1.54, 1.807) is 24.3 Å². The van der Waals surface area contributed by atoms with Gasteiger partial charge in [-0.3, -0.25) is 4.79 Å². The van der Waals surface area contributed by atoms with Gasteiger partial charge in [-0.15, -0.1) is 0 Å². The lowest BCUT2D eigenvalue weighted by Gasteiger charge is -2.04. The maximum absolute atomic E-state index is 12.3. The van der Waals surface area contributed by atoms with E-state index >= 15 is 0 Å². The first-order chi connectivity index (χ1) is 11.8. The topological polar surface area (TPSA) is 76.4 Å². The van der Waals surface area contributed by atoms with E-state index in [1.165, 1.54) is 24.3 Å². The summed E-state index contributed by atoms with van der Waals surface area (Å²) in [6, 6.07) is 16.3. The Morgan fingerprint density at radius 1 is 1.00 bits per heavy atom. The Bertz CT molecular complexity index is 1020. The zero-order valence-electron chi connectivity index (χ0n) is 13.2. The number of amides is 1. The zero-order chi connectivity index (χ0) is 18.0. The van der Waals surface area contributed by atoms with Gasteiger partial charge >= 0.3 is 0 Å². The molecule has 1 aromatic heterocycles. The van der Waals surface area contributed by atoms with Crippen LogP contribution in [0.25, 0.3) is 11.3 Å². The van der Waals surface area contributed by atoms with E-state index < -0.39 is 15.7 Å². The molecule has 1 heterocycles. The Morgan fingerprint density at radius 3 is 2.32 bits per heavy atom. The number of hydrogen-bond acceptors (Lipinski definition) is 4. The van der Waals surface area contributed by atoms with E-state index in [2.05, 4.69) is 5.32 Å². The Kier molecular flexibility index (Phi) is 4.65. The van der Waals surface area contributed by atoms with E-state index in [1.807, 2.05) is 12.1 Å². The number of carbonyl (C=O) groups is 1. The lowest BCUT2D eigenvalue weighted by Crippen LogP contribution is -2.10. The molecular weight excluding hydrogens is 362 g/mol. The minimum Gasteiger partial charge on any atom is -0.451 e. The van der Waals surface area contributed by atoms with Crippen LogP contribution in [0.5, 0.6) is 0 Å². The van der Waals surface area contributed by atoms with Crippen molar-refractivity contribution in [3.05, 3.63) is 71.4 Å². The molecule has 3 aromatic rings. The molecule has 0 aliphatic heterocycles. The smallest absolute Gasteiger partial charge is 0.291 e. The highest BCUT2D eigenvalue weighted by molar-refractivity contribution is 7.90. The van der Waals surface area contributed by atoms with E-state index in [9.17, 15) is 13.2 Å². The van der Waals surface area contributed by atoms with Crippen molar-refractivity contribution in [1.29, 1.82) is 0 Å². The van der Waals surface area contributed by atoms with Crippen LogP contribution in [0.1, 0.15) is 10.6 Å². The highest BCUT2D eigenvalue weighted by Crippen LogP contribution is 2.29. The number of benzene rings is 2. The van der Waals surface area contributed by atoms with Gasteiger partial charge in [0.05, 0.1) is 9.92 Å². The summed E-state index contributed by atoms with van der Waals surface area (Å²) in [7, 11) is -3.28. The molecule has 7 heteroatoms. The van der Waals surface area contributed by atoms with Gasteiger partial charge in [-0.1, -0.05) is 23.7 Å². The molecular formula is C18H14ClNO4S. The summed E-state index contributed by atoms with van der Waals surface area (Å²) in [5, 5.41) is 3.18. The Hall–Kier alpha value is -2.57. The standard InChI is InChI=1S/C18H14ClNO4S/c1-25(22,23)13-8-6-12(7-9-13)20-18(21)17-11-10-16(24-17)14-4-2-3-5-15(14)19/h2-11H,1H3,(H,20,21). The first kappa shape index (κ1) is 17.3. The predicted molar refractivity (Wildman–Crippen MR) is 96.7 cm³/mol. The van der Waals surface area contributed by atoms with Crippen LogP contribution in [0.3, 0.4) is 0 Å². The van der Waals surface area contributed by atoms with Crippen molar-refractivity contribution in [3.8, 4) is 11.3 Å². The molecule has 0 saturated heterocycles. The summed E-state index contributed by atoms with van der Waals surface area (Å²) in [5.74, 6) is 0.177. The van der Waals surface area contributed by atoms with E-state index in [0.717, 1.165) is 6.26 Å². The molecule has 0 radical (unpaired) electrons. The maximum Gasteiger partial charge on any atom is 0.291 e. The molecule has 25 heavy (non-hydrogen) atoms. The summed E-state index contributed by atoms with van der Waals surface area (Å²) in [6.45, 7) is 0. The quantitative estimate of drug-likeness (QED) is 0.739. The molecule has 0 bridgehead atoms. The largest absolute Gasteiger partial charge is 0.451 e. The fourth-order valence-electron chi connectivity index (χ4n) is 2.24. The number of furan rings is 1. The van der Waals surface area contributed by atoms with E-state index in [4.69, 9.17) is 16.0 Å². The first-order valence-electron chi connectivity index (χ1n) is 7.31. The van der Waals surface area contributed by atoms with E-state index in [-0.39, 0.29) is 10.7 Å². The summed E-state index contributed by atoms with van der Waals surface area (Å²) >= 11 is 6.12. The summed E-state index contributed by atoms with van der Waals surface area (Å²) in [4.78, 5) is 12.5. The average molecular weight is 376 g/mol. The van der Waals surface area contributed by atoms with Crippen LogP contribution in [-0.4, -0.2) is 20.6 Å². The normalized spacial score (nSPS) is 11.3. The average Bonchev–Trinajstić information content (AvgIpc) is 3.05. The van der Waals surface area contributed by atoms with Crippen molar-refractivity contribution in [2.24, 2.45) is 0 Å². The maximum atomic E-state index is 12.3. The number of hydrogen-bond donors (Lipinski definition) is 1. The molecule has 0 spiro atoms. The SMILES string of the molecule is CS(=O)(=O)c1ccc(NC(=O)c2ccc(-c3ccccc3Cl)o2)cc1. The third kappa shape index (κ3) is 3.92. The van der Waals surface area contributed by atoms with Gasteiger partial charge in [0.25, 0.3) is 5.91 Å². The second-order valence-electron chi connectivity index (χ2n) is 5.39. The van der Waals surface area contributed by atoms with E-state index in [0.29, 0.717) is 22.0 Å². The molecule has 0 aliphatic rings. The molecule has 0 saturated carbocycles. The van der Waals surface area contributed by atoms with Gasteiger partial charge < -0.3 is 9.73 Å². The monoisotopic (exact) mass is 375 g/mol. The van der Waals surface area contributed by atoms with Crippen molar-refractivity contribution in [1.82, 2.24) is 0 Å². The van der Waals surface area contributed by atoms with Gasteiger partial charge in [0.2, 0.25) is 0 Å². The molecule has 0 unspecified atom stereocenters. The highest BCUT2D eigenvalue weighted by atomic mass is 35.5. The van der Waals surface area contributed by atoms with Crippen LogP contribution >= 0.6 is 11.6 Å². The Labute approximate surface area is 150 Å². The number of carbonyl (C=O) groups excluding carboxylic acids is 1. The molecule has 128 valence electrons. The van der Waals surface area contributed by atoms with Crippen LogP contribution < -0.4 is 5.32 Å². The van der Waals surface area contributed by atoms with Gasteiger partial charge in [0.1, 0.15) is 5.76 Å². The van der Waals surface area contributed by atoms with Gasteiger partial charge in [0, 0.05) is 17.5 Å². The second-order valence-corrected chi connectivity index (χ2v) is 7.82. The fraction of sp³-hybridized carbons (Fsp3) is 0.0556.